The molecule has 0 bridgehead atoms. The predicted octanol–water partition coefficient (Wildman–Crippen LogP) is 3.68. The van der Waals surface area contributed by atoms with Gasteiger partial charge in [0.2, 0.25) is 0 Å². The van der Waals surface area contributed by atoms with Gasteiger partial charge in [-0.1, -0.05) is 12.1 Å². The number of piperidine rings is 1. The molecule has 3 rings (SSSR count). The Morgan fingerprint density at radius 2 is 1.96 bits per heavy atom. The normalized spacial score (nSPS) is 14.7. The lowest BCUT2D eigenvalue weighted by Gasteiger charge is -2.28. The maximum absolute atomic E-state index is 5.47. The van der Waals surface area contributed by atoms with Crippen LogP contribution in [0.15, 0.2) is 36.5 Å². The number of anilines is 1. The number of benzene rings is 1. The molecule has 1 N–H and O–H groups in total. The van der Waals surface area contributed by atoms with Gasteiger partial charge in [-0.3, -0.25) is 0 Å². The second kappa shape index (κ2) is 8.15. The third kappa shape index (κ3) is 4.06. The van der Waals surface area contributed by atoms with E-state index in [4.69, 9.17) is 4.74 Å². The summed E-state index contributed by atoms with van der Waals surface area (Å²) in [5.41, 5.74) is 3.76. The quantitative estimate of drug-likeness (QED) is 0.879. The highest BCUT2D eigenvalue weighted by Crippen LogP contribution is 2.22. The Kier molecular flexibility index (Phi) is 5.70. The summed E-state index contributed by atoms with van der Waals surface area (Å²) in [6.45, 7) is 6.02. The van der Waals surface area contributed by atoms with Crippen LogP contribution in [0.3, 0.4) is 0 Å². The Labute approximate surface area is 144 Å². The van der Waals surface area contributed by atoms with E-state index in [0.717, 1.165) is 37.7 Å². The molecule has 2 aromatic rings. The van der Waals surface area contributed by atoms with E-state index >= 15 is 0 Å². The third-order valence-electron chi connectivity index (χ3n) is 4.71. The maximum Gasteiger partial charge on any atom is 0.128 e. The van der Waals surface area contributed by atoms with Gasteiger partial charge in [0.15, 0.2) is 0 Å². The third-order valence-corrected chi connectivity index (χ3v) is 4.71. The number of methoxy groups -OCH3 is 1. The molecule has 1 aliphatic heterocycles. The highest BCUT2D eigenvalue weighted by Gasteiger charge is 2.12. The first kappa shape index (κ1) is 16.8. The summed E-state index contributed by atoms with van der Waals surface area (Å²) >= 11 is 0. The Morgan fingerprint density at radius 1 is 1.12 bits per heavy atom. The summed E-state index contributed by atoms with van der Waals surface area (Å²) in [4.78, 5) is 6.95. The molecule has 1 aliphatic rings. The molecule has 0 radical (unpaired) electrons. The summed E-state index contributed by atoms with van der Waals surface area (Å²) in [6, 6.07) is 10.5. The molecule has 2 heterocycles. The molecule has 1 fully saturated rings. The summed E-state index contributed by atoms with van der Waals surface area (Å²) in [6.07, 6.45) is 5.82. The second-order valence-corrected chi connectivity index (χ2v) is 6.43. The zero-order chi connectivity index (χ0) is 16.8. The standard InChI is InChI=1S/C20H27N3O/c1-16-7-6-8-19(24-2)18(16)15-21-14-17-9-10-22-20(13-17)23-11-4-3-5-12-23/h6-10,13,21H,3-5,11-12,14-15H2,1-2H3. The summed E-state index contributed by atoms with van der Waals surface area (Å²) in [5.74, 6) is 2.06. The van der Waals surface area contributed by atoms with Crippen LogP contribution in [0.4, 0.5) is 5.82 Å². The zero-order valence-electron chi connectivity index (χ0n) is 14.7. The fraction of sp³-hybridized carbons (Fsp3) is 0.450. The fourth-order valence-corrected chi connectivity index (χ4v) is 3.29. The monoisotopic (exact) mass is 325 g/mol. The van der Waals surface area contributed by atoms with Crippen molar-refractivity contribution in [3.63, 3.8) is 0 Å². The van der Waals surface area contributed by atoms with E-state index in [1.807, 2.05) is 18.3 Å². The van der Waals surface area contributed by atoms with E-state index in [1.54, 1.807) is 7.11 Å². The topological polar surface area (TPSA) is 37.4 Å². The van der Waals surface area contributed by atoms with Gasteiger partial charge in [-0.25, -0.2) is 4.98 Å². The smallest absolute Gasteiger partial charge is 0.128 e. The van der Waals surface area contributed by atoms with Crippen LogP contribution >= 0.6 is 0 Å². The Balaban J connectivity index is 1.61. The van der Waals surface area contributed by atoms with E-state index in [0.29, 0.717) is 0 Å². The number of aromatic nitrogens is 1. The van der Waals surface area contributed by atoms with Crippen LogP contribution in [0, 0.1) is 6.92 Å². The van der Waals surface area contributed by atoms with Gasteiger partial charge in [0, 0.05) is 37.9 Å². The number of nitrogens with zero attached hydrogens (tertiary/aromatic N) is 2. The second-order valence-electron chi connectivity index (χ2n) is 6.43. The van der Waals surface area contributed by atoms with E-state index in [1.165, 1.54) is 36.0 Å². The molecule has 1 aromatic heterocycles. The van der Waals surface area contributed by atoms with E-state index in [2.05, 4.69) is 40.3 Å². The van der Waals surface area contributed by atoms with Crippen molar-refractivity contribution in [2.24, 2.45) is 0 Å². The number of ether oxygens (including phenoxy) is 1. The van der Waals surface area contributed by atoms with Crippen LogP contribution in [0.5, 0.6) is 5.75 Å². The van der Waals surface area contributed by atoms with E-state index in [-0.39, 0.29) is 0 Å². The minimum atomic E-state index is 0.803. The first-order chi connectivity index (χ1) is 11.8. The van der Waals surface area contributed by atoms with Gasteiger partial charge >= 0.3 is 0 Å². The van der Waals surface area contributed by atoms with Crippen LogP contribution in [-0.2, 0) is 13.1 Å². The van der Waals surface area contributed by atoms with Gasteiger partial charge in [0.05, 0.1) is 7.11 Å². The van der Waals surface area contributed by atoms with Gasteiger partial charge in [0.25, 0.3) is 0 Å². The molecule has 0 saturated carbocycles. The van der Waals surface area contributed by atoms with Crippen molar-refractivity contribution in [1.29, 1.82) is 0 Å². The van der Waals surface area contributed by atoms with Crippen molar-refractivity contribution in [2.45, 2.75) is 39.3 Å². The van der Waals surface area contributed by atoms with Crippen LogP contribution in [-0.4, -0.2) is 25.2 Å². The van der Waals surface area contributed by atoms with Gasteiger partial charge in [-0.15, -0.1) is 0 Å². The fourth-order valence-electron chi connectivity index (χ4n) is 3.29. The molecule has 0 atom stereocenters. The van der Waals surface area contributed by atoms with Crippen molar-refractivity contribution in [1.82, 2.24) is 10.3 Å². The highest BCUT2D eigenvalue weighted by atomic mass is 16.5. The molecule has 0 amide bonds. The van der Waals surface area contributed by atoms with Crippen molar-refractivity contribution >= 4 is 5.82 Å². The molecule has 4 nitrogen and oxygen atoms in total. The van der Waals surface area contributed by atoms with Gasteiger partial charge in [-0.05, 0) is 55.5 Å². The lowest BCUT2D eigenvalue weighted by molar-refractivity contribution is 0.407. The average Bonchev–Trinajstić information content (AvgIpc) is 2.64. The molecule has 24 heavy (non-hydrogen) atoms. The molecule has 128 valence electrons. The van der Waals surface area contributed by atoms with Crippen LogP contribution in [0.1, 0.15) is 36.0 Å². The van der Waals surface area contributed by atoms with Crippen molar-refractivity contribution in [3.05, 3.63) is 53.2 Å². The first-order valence-electron chi connectivity index (χ1n) is 8.81. The molecule has 1 aromatic carbocycles. The zero-order valence-corrected chi connectivity index (χ0v) is 14.7. The number of nitrogens with one attached hydrogen (secondary N) is 1. The minimum absolute atomic E-state index is 0.803. The van der Waals surface area contributed by atoms with Crippen LogP contribution < -0.4 is 15.0 Å². The summed E-state index contributed by atoms with van der Waals surface area (Å²) in [7, 11) is 1.73. The molecular weight excluding hydrogens is 298 g/mol. The maximum atomic E-state index is 5.47. The number of hydrogen-bond donors (Lipinski definition) is 1. The molecule has 0 aliphatic carbocycles. The lowest BCUT2D eigenvalue weighted by atomic mass is 10.1. The van der Waals surface area contributed by atoms with Gasteiger partial charge < -0.3 is 15.0 Å². The van der Waals surface area contributed by atoms with Crippen molar-refractivity contribution in [2.75, 3.05) is 25.1 Å². The SMILES string of the molecule is COc1cccc(C)c1CNCc1ccnc(N2CCCCC2)c1. The molecule has 0 spiro atoms. The number of hydrogen-bond acceptors (Lipinski definition) is 4. The lowest BCUT2D eigenvalue weighted by Crippen LogP contribution is -2.30. The molecule has 0 unspecified atom stereocenters. The number of rotatable bonds is 6. The molecule has 4 heteroatoms. The van der Waals surface area contributed by atoms with E-state index < -0.39 is 0 Å². The van der Waals surface area contributed by atoms with Gasteiger partial charge in [-0.2, -0.15) is 0 Å². The number of pyridine rings is 1. The predicted molar refractivity (Wildman–Crippen MR) is 98.6 cm³/mol. The largest absolute Gasteiger partial charge is 0.496 e. The Bertz CT molecular complexity index is 666. The Morgan fingerprint density at radius 3 is 2.75 bits per heavy atom. The Hall–Kier alpha value is -2.07. The summed E-state index contributed by atoms with van der Waals surface area (Å²) < 4.78 is 5.47. The van der Waals surface area contributed by atoms with Crippen molar-refractivity contribution in [3.8, 4) is 5.75 Å². The molecule has 1 saturated heterocycles. The summed E-state index contributed by atoms with van der Waals surface area (Å²) in [5, 5.41) is 3.54. The minimum Gasteiger partial charge on any atom is -0.496 e. The highest BCUT2D eigenvalue weighted by molar-refractivity contribution is 5.42. The van der Waals surface area contributed by atoms with Gasteiger partial charge in [0.1, 0.15) is 11.6 Å². The number of aryl methyl sites for hydroxylation is 1. The van der Waals surface area contributed by atoms with Crippen molar-refractivity contribution < 1.29 is 4.74 Å². The average molecular weight is 325 g/mol. The van der Waals surface area contributed by atoms with Crippen LogP contribution in [0.25, 0.3) is 0 Å². The molecular formula is C20H27N3O. The van der Waals surface area contributed by atoms with E-state index in [9.17, 15) is 0 Å². The first-order valence-corrected chi connectivity index (χ1v) is 8.81. The van der Waals surface area contributed by atoms with Crippen LogP contribution in [0.2, 0.25) is 0 Å².